The van der Waals surface area contributed by atoms with Gasteiger partial charge in [-0.25, -0.2) is 4.98 Å². The molecule has 102 valence electrons. The molecule has 2 rings (SSSR count). The quantitative estimate of drug-likeness (QED) is 0.896. The van der Waals surface area contributed by atoms with Crippen molar-refractivity contribution in [2.24, 2.45) is 12.8 Å². The Morgan fingerprint density at radius 2 is 2.11 bits per heavy atom. The van der Waals surface area contributed by atoms with Crippen molar-refractivity contribution in [3.63, 3.8) is 0 Å². The number of imidazole rings is 1. The number of methoxy groups -OCH3 is 1. The lowest BCUT2D eigenvalue weighted by molar-refractivity contribution is 0.376. The van der Waals surface area contributed by atoms with Crippen molar-refractivity contribution in [1.29, 1.82) is 0 Å². The second-order valence-electron chi connectivity index (χ2n) is 5.07. The zero-order chi connectivity index (χ0) is 13.9. The average Bonchev–Trinajstić information content (AvgIpc) is 2.82. The van der Waals surface area contributed by atoms with E-state index in [1.54, 1.807) is 7.11 Å². The molecule has 1 heterocycles. The maximum absolute atomic E-state index is 6.46. The first kappa shape index (κ1) is 13.6. The fraction of sp³-hybridized carbons (Fsp3) is 0.400. The summed E-state index contributed by atoms with van der Waals surface area (Å²) in [7, 11) is 3.67. The van der Waals surface area contributed by atoms with Gasteiger partial charge < -0.3 is 15.0 Å². The first-order chi connectivity index (χ1) is 9.04. The van der Waals surface area contributed by atoms with Gasteiger partial charge in [0.15, 0.2) is 0 Å². The van der Waals surface area contributed by atoms with Crippen molar-refractivity contribution in [1.82, 2.24) is 9.55 Å². The predicted octanol–water partition coefficient (Wildman–Crippen LogP) is 2.24. The maximum Gasteiger partial charge on any atom is 0.123 e. The summed E-state index contributed by atoms with van der Waals surface area (Å²) in [5.41, 5.74) is 7.07. The van der Waals surface area contributed by atoms with Crippen LogP contribution < -0.4 is 10.5 Å². The summed E-state index contributed by atoms with van der Waals surface area (Å²) in [6.45, 7) is 2.04. The molecule has 19 heavy (non-hydrogen) atoms. The molecule has 0 aliphatic carbocycles. The lowest BCUT2D eigenvalue weighted by Crippen LogP contribution is -2.34. The predicted molar refractivity (Wildman–Crippen MR) is 76.1 cm³/mol. The van der Waals surface area contributed by atoms with Crippen LogP contribution in [0.5, 0.6) is 5.75 Å². The normalized spacial score (nSPS) is 14.1. The Morgan fingerprint density at radius 1 is 1.37 bits per heavy atom. The lowest BCUT2D eigenvalue weighted by Gasteiger charge is -2.27. The molecule has 1 aromatic carbocycles. The van der Waals surface area contributed by atoms with Crippen molar-refractivity contribution in [3.8, 4) is 5.75 Å². The highest BCUT2D eigenvalue weighted by molar-refractivity contribution is 5.38. The van der Waals surface area contributed by atoms with Crippen LogP contribution in [-0.4, -0.2) is 16.7 Å². The van der Waals surface area contributed by atoms with Crippen LogP contribution >= 0.6 is 0 Å². The lowest BCUT2D eigenvalue weighted by atomic mass is 9.87. The Labute approximate surface area is 114 Å². The largest absolute Gasteiger partial charge is 0.496 e. The molecule has 2 aromatic rings. The van der Waals surface area contributed by atoms with Crippen molar-refractivity contribution < 1.29 is 4.74 Å². The molecule has 0 saturated carbocycles. The summed E-state index contributed by atoms with van der Waals surface area (Å²) in [6.07, 6.45) is 5.42. The molecule has 2 N–H and O–H groups in total. The van der Waals surface area contributed by atoms with Crippen LogP contribution in [0.4, 0.5) is 0 Å². The van der Waals surface area contributed by atoms with Crippen molar-refractivity contribution in [2.45, 2.75) is 25.3 Å². The van der Waals surface area contributed by atoms with Crippen molar-refractivity contribution >= 4 is 0 Å². The van der Waals surface area contributed by atoms with Gasteiger partial charge in [-0.15, -0.1) is 0 Å². The van der Waals surface area contributed by atoms with Crippen LogP contribution in [0.15, 0.2) is 36.7 Å². The molecular formula is C15H21N3O. The van der Waals surface area contributed by atoms with E-state index < -0.39 is 5.54 Å². The topological polar surface area (TPSA) is 53.1 Å². The Kier molecular flexibility index (Phi) is 3.90. The van der Waals surface area contributed by atoms with E-state index in [9.17, 15) is 0 Å². The highest BCUT2D eigenvalue weighted by Gasteiger charge is 2.25. The van der Waals surface area contributed by atoms with Gasteiger partial charge in [-0.05, 0) is 19.4 Å². The molecule has 4 nitrogen and oxygen atoms in total. The number of aryl methyl sites for hydroxylation is 2. The fourth-order valence-corrected chi connectivity index (χ4v) is 2.26. The summed E-state index contributed by atoms with van der Waals surface area (Å²) in [4.78, 5) is 4.33. The Bertz CT molecular complexity index is 546. The monoisotopic (exact) mass is 259 g/mol. The smallest absolute Gasteiger partial charge is 0.123 e. The van der Waals surface area contributed by atoms with E-state index in [1.165, 1.54) is 0 Å². The number of ether oxygens (including phenoxy) is 1. The standard InChI is InChI=1S/C15H21N3O/c1-15(16,9-8-14-17-10-11-18(14)2)12-6-4-5-7-13(12)19-3/h4-7,10-11H,8-9,16H2,1-3H3. The molecule has 1 aromatic heterocycles. The van der Waals surface area contributed by atoms with Crippen LogP contribution in [-0.2, 0) is 19.0 Å². The first-order valence-electron chi connectivity index (χ1n) is 6.43. The second kappa shape index (κ2) is 5.45. The molecular weight excluding hydrogens is 238 g/mol. The van der Waals surface area contributed by atoms with E-state index in [2.05, 4.69) is 4.98 Å². The number of para-hydroxylation sites is 1. The number of hydrogen-bond donors (Lipinski definition) is 1. The van der Waals surface area contributed by atoms with Gasteiger partial charge in [0.05, 0.1) is 7.11 Å². The summed E-state index contributed by atoms with van der Waals surface area (Å²) in [5, 5.41) is 0. The average molecular weight is 259 g/mol. The van der Waals surface area contributed by atoms with E-state index in [0.29, 0.717) is 0 Å². The number of aromatic nitrogens is 2. The molecule has 0 aliphatic rings. The van der Waals surface area contributed by atoms with Gasteiger partial charge in [0.1, 0.15) is 11.6 Å². The van der Waals surface area contributed by atoms with Gasteiger partial charge >= 0.3 is 0 Å². The van der Waals surface area contributed by atoms with E-state index >= 15 is 0 Å². The van der Waals surface area contributed by atoms with Gasteiger partial charge in [0, 0.05) is 37.0 Å². The first-order valence-corrected chi connectivity index (χ1v) is 6.43. The zero-order valence-corrected chi connectivity index (χ0v) is 11.8. The van der Waals surface area contributed by atoms with Crippen LogP contribution in [0.25, 0.3) is 0 Å². The molecule has 1 atom stereocenters. The molecule has 1 unspecified atom stereocenters. The Balaban J connectivity index is 2.16. The summed E-state index contributed by atoms with van der Waals surface area (Å²) < 4.78 is 7.42. The summed E-state index contributed by atoms with van der Waals surface area (Å²) >= 11 is 0. The third kappa shape index (κ3) is 2.96. The minimum absolute atomic E-state index is 0.432. The summed E-state index contributed by atoms with van der Waals surface area (Å²) in [5.74, 6) is 1.89. The SMILES string of the molecule is COc1ccccc1C(C)(N)CCc1nccn1C. The van der Waals surface area contributed by atoms with E-state index in [-0.39, 0.29) is 0 Å². The molecule has 0 amide bonds. The molecule has 0 saturated heterocycles. The van der Waals surface area contributed by atoms with Crippen LogP contribution in [0, 0.1) is 0 Å². The van der Waals surface area contributed by atoms with Crippen molar-refractivity contribution in [3.05, 3.63) is 48.0 Å². The van der Waals surface area contributed by atoms with Gasteiger partial charge in [-0.2, -0.15) is 0 Å². The Morgan fingerprint density at radius 3 is 2.74 bits per heavy atom. The second-order valence-corrected chi connectivity index (χ2v) is 5.07. The van der Waals surface area contributed by atoms with E-state index in [1.807, 2.05) is 55.2 Å². The van der Waals surface area contributed by atoms with Gasteiger partial charge in [0.2, 0.25) is 0 Å². The fourth-order valence-electron chi connectivity index (χ4n) is 2.26. The number of rotatable bonds is 5. The minimum Gasteiger partial charge on any atom is -0.496 e. The van der Waals surface area contributed by atoms with Crippen LogP contribution in [0.2, 0.25) is 0 Å². The van der Waals surface area contributed by atoms with Gasteiger partial charge in [0.25, 0.3) is 0 Å². The molecule has 4 heteroatoms. The molecule has 0 aliphatic heterocycles. The van der Waals surface area contributed by atoms with Gasteiger partial charge in [-0.3, -0.25) is 0 Å². The van der Waals surface area contributed by atoms with E-state index in [4.69, 9.17) is 10.5 Å². The minimum atomic E-state index is -0.432. The number of nitrogens with zero attached hydrogens (tertiary/aromatic N) is 2. The number of benzene rings is 1. The summed E-state index contributed by atoms with van der Waals surface area (Å²) in [6, 6.07) is 7.92. The third-order valence-electron chi connectivity index (χ3n) is 3.51. The zero-order valence-electron chi connectivity index (χ0n) is 11.8. The molecule has 0 bridgehead atoms. The molecule has 0 fully saturated rings. The van der Waals surface area contributed by atoms with Crippen LogP contribution in [0.3, 0.4) is 0 Å². The van der Waals surface area contributed by atoms with Crippen LogP contribution in [0.1, 0.15) is 24.7 Å². The van der Waals surface area contributed by atoms with Crippen molar-refractivity contribution in [2.75, 3.05) is 7.11 Å². The molecule has 0 spiro atoms. The molecule has 0 radical (unpaired) electrons. The highest BCUT2D eigenvalue weighted by Crippen LogP contribution is 2.30. The number of nitrogens with two attached hydrogens (primary N) is 1. The van der Waals surface area contributed by atoms with E-state index in [0.717, 1.165) is 30.0 Å². The highest BCUT2D eigenvalue weighted by atomic mass is 16.5. The third-order valence-corrected chi connectivity index (χ3v) is 3.51. The van der Waals surface area contributed by atoms with Gasteiger partial charge in [-0.1, -0.05) is 18.2 Å². The number of hydrogen-bond acceptors (Lipinski definition) is 3. The Hall–Kier alpha value is -1.81. The maximum atomic E-state index is 6.46.